The summed E-state index contributed by atoms with van der Waals surface area (Å²) >= 11 is 0. The normalized spacial score (nSPS) is 13.2. The Morgan fingerprint density at radius 2 is 2.00 bits per heavy atom. The smallest absolute Gasteiger partial charge is 0.240 e. The SMILES string of the molecule is N[C@@H](CC(F)F)c1cccc(F)c1O. The molecule has 0 spiro atoms. The van der Waals surface area contributed by atoms with Crippen molar-refractivity contribution in [1.29, 1.82) is 0 Å². The van der Waals surface area contributed by atoms with Crippen LogP contribution in [0, 0.1) is 5.82 Å². The number of aromatic hydroxyl groups is 1. The monoisotopic (exact) mass is 205 g/mol. The average molecular weight is 205 g/mol. The molecule has 0 unspecified atom stereocenters. The Labute approximate surface area is 79.2 Å². The highest BCUT2D eigenvalue weighted by Crippen LogP contribution is 2.28. The molecule has 0 saturated heterocycles. The van der Waals surface area contributed by atoms with Gasteiger partial charge in [0.05, 0.1) is 0 Å². The summed E-state index contributed by atoms with van der Waals surface area (Å²) in [4.78, 5) is 0. The van der Waals surface area contributed by atoms with Crippen molar-refractivity contribution >= 4 is 0 Å². The lowest BCUT2D eigenvalue weighted by atomic mass is 10.0. The molecule has 14 heavy (non-hydrogen) atoms. The quantitative estimate of drug-likeness (QED) is 0.794. The van der Waals surface area contributed by atoms with E-state index in [9.17, 15) is 18.3 Å². The highest BCUT2D eigenvalue weighted by atomic mass is 19.3. The molecule has 78 valence electrons. The standard InChI is InChI=1S/C9H10F3NO/c10-6-3-1-2-5(9(6)14)7(13)4-8(11)12/h1-3,7-8,14H,4,13H2/t7-/m0/s1. The summed E-state index contributed by atoms with van der Waals surface area (Å²) in [6.07, 6.45) is -3.18. The molecule has 1 aromatic rings. The van der Waals surface area contributed by atoms with Crippen molar-refractivity contribution in [1.82, 2.24) is 0 Å². The summed E-state index contributed by atoms with van der Waals surface area (Å²) in [6.45, 7) is 0. The molecular weight excluding hydrogens is 195 g/mol. The molecule has 0 aliphatic heterocycles. The van der Waals surface area contributed by atoms with Crippen molar-refractivity contribution in [2.75, 3.05) is 0 Å². The largest absolute Gasteiger partial charge is 0.505 e. The topological polar surface area (TPSA) is 46.2 Å². The Hall–Kier alpha value is -1.23. The van der Waals surface area contributed by atoms with Crippen LogP contribution in [0.25, 0.3) is 0 Å². The molecule has 1 atom stereocenters. The number of para-hydroxylation sites is 1. The first-order valence-corrected chi connectivity index (χ1v) is 4.03. The van der Waals surface area contributed by atoms with E-state index in [1.165, 1.54) is 12.1 Å². The van der Waals surface area contributed by atoms with Crippen LogP contribution in [0.5, 0.6) is 5.75 Å². The minimum atomic E-state index is -2.58. The van der Waals surface area contributed by atoms with Crippen LogP contribution in [0.2, 0.25) is 0 Å². The molecular formula is C9H10F3NO. The molecule has 0 fully saturated rings. The third-order valence-electron chi connectivity index (χ3n) is 1.85. The van der Waals surface area contributed by atoms with Gasteiger partial charge in [0.15, 0.2) is 11.6 Å². The zero-order valence-electron chi connectivity index (χ0n) is 7.25. The first-order valence-electron chi connectivity index (χ1n) is 4.03. The lowest BCUT2D eigenvalue weighted by molar-refractivity contribution is 0.128. The van der Waals surface area contributed by atoms with E-state index in [0.29, 0.717) is 0 Å². The number of phenolic OH excluding ortho intramolecular Hbond substituents is 1. The fraction of sp³-hybridized carbons (Fsp3) is 0.333. The minimum Gasteiger partial charge on any atom is -0.505 e. The fourth-order valence-corrected chi connectivity index (χ4v) is 1.15. The zero-order valence-corrected chi connectivity index (χ0v) is 7.25. The summed E-state index contributed by atoms with van der Waals surface area (Å²) in [7, 11) is 0. The second kappa shape index (κ2) is 4.32. The molecule has 5 heteroatoms. The van der Waals surface area contributed by atoms with Crippen LogP contribution in [0.3, 0.4) is 0 Å². The third kappa shape index (κ3) is 2.38. The summed E-state index contributed by atoms with van der Waals surface area (Å²) in [6, 6.07) is 2.63. The Morgan fingerprint density at radius 3 is 2.57 bits per heavy atom. The van der Waals surface area contributed by atoms with Crippen molar-refractivity contribution < 1.29 is 18.3 Å². The van der Waals surface area contributed by atoms with Crippen LogP contribution in [-0.2, 0) is 0 Å². The van der Waals surface area contributed by atoms with Gasteiger partial charge in [-0.25, -0.2) is 13.2 Å². The maximum absolute atomic E-state index is 12.8. The van der Waals surface area contributed by atoms with Gasteiger partial charge in [0.2, 0.25) is 6.43 Å². The summed E-state index contributed by atoms with van der Waals surface area (Å²) in [5.74, 6) is -1.51. The Morgan fingerprint density at radius 1 is 1.36 bits per heavy atom. The highest BCUT2D eigenvalue weighted by Gasteiger charge is 2.17. The summed E-state index contributed by atoms with van der Waals surface area (Å²) in [5.41, 5.74) is 5.36. The average Bonchev–Trinajstić information content (AvgIpc) is 2.08. The van der Waals surface area contributed by atoms with Gasteiger partial charge in [-0.05, 0) is 6.07 Å². The molecule has 0 aromatic heterocycles. The molecule has 0 radical (unpaired) electrons. The Balaban J connectivity index is 2.89. The number of hydrogen-bond acceptors (Lipinski definition) is 2. The predicted octanol–water partition coefficient (Wildman–Crippen LogP) is 2.19. The number of nitrogens with two attached hydrogens (primary N) is 1. The maximum atomic E-state index is 12.8. The van der Waals surface area contributed by atoms with E-state index >= 15 is 0 Å². The van der Waals surface area contributed by atoms with Crippen LogP contribution in [0.4, 0.5) is 13.2 Å². The lowest BCUT2D eigenvalue weighted by Gasteiger charge is -2.12. The molecule has 0 amide bonds. The van der Waals surface area contributed by atoms with Crippen molar-refractivity contribution in [3.8, 4) is 5.75 Å². The second-order valence-electron chi connectivity index (χ2n) is 2.91. The van der Waals surface area contributed by atoms with E-state index in [1.54, 1.807) is 0 Å². The molecule has 3 N–H and O–H groups in total. The van der Waals surface area contributed by atoms with Gasteiger partial charge in [0.25, 0.3) is 0 Å². The minimum absolute atomic E-state index is 0.00491. The van der Waals surface area contributed by atoms with Crippen LogP contribution in [-0.4, -0.2) is 11.5 Å². The number of halogens is 3. The van der Waals surface area contributed by atoms with Crippen LogP contribution >= 0.6 is 0 Å². The Bertz CT molecular complexity index is 317. The number of rotatable bonds is 3. The maximum Gasteiger partial charge on any atom is 0.240 e. The van der Waals surface area contributed by atoms with Crippen LogP contribution < -0.4 is 5.73 Å². The van der Waals surface area contributed by atoms with Gasteiger partial charge in [-0.1, -0.05) is 12.1 Å². The molecule has 0 saturated carbocycles. The summed E-state index contributed by atoms with van der Waals surface area (Å²) in [5, 5.41) is 9.18. The number of hydrogen-bond donors (Lipinski definition) is 2. The van der Waals surface area contributed by atoms with Crippen LogP contribution in [0.1, 0.15) is 18.0 Å². The Kier molecular flexibility index (Phi) is 3.35. The van der Waals surface area contributed by atoms with E-state index in [2.05, 4.69) is 0 Å². The van der Waals surface area contributed by atoms with Crippen molar-refractivity contribution in [2.24, 2.45) is 5.73 Å². The molecule has 2 nitrogen and oxygen atoms in total. The molecule has 0 heterocycles. The lowest BCUT2D eigenvalue weighted by Crippen LogP contribution is -2.14. The van der Waals surface area contributed by atoms with Gasteiger partial charge in [0.1, 0.15) is 0 Å². The highest BCUT2D eigenvalue weighted by molar-refractivity contribution is 5.35. The van der Waals surface area contributed by atoms with Gasteiger partial charge in [0, 0.05) is 18.0 Å². The molecule has 0 bridgehead atoms. The first-order chi connectivity index (χ1) is 6.52. The first kappa shape index (κ1) is 10.8. The van der Waals surface area contributed by atoms with Gasteiger partial charge in [-0.15, -0.1) is 0 Å². The van der Waals surface area contributed by atoms with E-state index in [4.69, 9.17) is 5.73 Å². The number of alkyl halides is 2. The molecule has 0 aliphatic carbocycles. The van der Waals surface area contributed by atoms with E-state index in [0.717, 1.165) is 6.07 Å². The van der Waals surface area contributed by atoms with E-state index in [1.807, 2.05) is 0 Å². The van der Waals surface area contributed by atoms with Crippen molar-refractivity contribution in [3.63, 3.8) is 0 Å². The van der Waals surface area contributed by atoms with Gasteiger partial charge >= 0.3 is 0 Å². The zero-order chi connectivity index (χ0) is 10.7. The fourth-order valence-electron chi connectivity index (χ4n) is 1.15. The molecule has 1 aromatic carbocycles. The second-order valence-corrected chi connectivity index (χ2v) is 2.91. The predicted molar refractivity (Wildman–Crippen MR) is 45.6 cm³/mol. The molecule has 0 aliphatic rings. The van der Waals surface area contributed by atoms with Crippen molar-refractivity contribution in [3.05, 3.63) is 29.6 Å². The number of benzene rings is 1. The summed E-state index contributed by atoms with van der Waals surface area (Å²) < 4.78 is 36.7. The molecule has 1 rings (SSSR count). The van der Waals surface area contributed by atoms with Gasteiger partial charge in [-0.2, -0.15) is 0 Å². The number of phenols is 1. The van der Waals surface area contributed by atoms with Crippen LogP contribution in [0.15, 0.2) is 18.2 Å². The van der Waals surface area contributed by atoms with Gasteiger partial charge in [-0.3, -0.25) is 0 Å². The van der Waals surface area contributed by atoms with E-state index < -0.39 is 30.5 Å². The van der Waals surface area contributed by atoms with Gasteiger partial charge < -0.3 is 10.8 Å². The van der Waals surface area contributed by atoms with E-state index in [-0.39, 0.29) is 5.56 Å². The third-order valence-corrected chi connectivity index (χ3v) is 1.85. The van der Waals surface area contributed by atoms with Crippen molar-refractivity contribution in [2.45, 2.75) is 18.9 Å².